The third-order valence-corrected chi connectivity index (χ3v) is 3.65. The molecule has 3 nitrogen and oxygen atoms in total. The van der Waals surface area contributed by atoms with Gasteiger partial charge in [-0.2, -0.15) is 0 Å². The van der Waals surface area contributed by atoms with Gasteiger partial charge in [0.15, 0.2) is 0 Å². The van der Waals surface area contributed by atoms with E-state index in [9.17, 15) is 4.39 Å². The van der Waals surface area contributed by atoms with Crippen LogP contribution in [-0.4, -0.2) is 13.7 Å². The molecule has 0 radical (unpaired) electrons. The summed E-state index contributed by atoms with van der Waals surface area (Å²) in [5.74, 6) is 1.69. The zero-order valence-electron chi connectivity index (χ0n) is 11.6. The van der Waals surface area contributed by atoms with Gasteiger partial charge in [0.05, 0.1) is 11.6 Å². The summed E-state index contributed by atoms with van der Waals surface area (Å²) in [6.45, 7) is 1.20. The minimum atomic E-state index is -0.448. The summed E-state index contributed by atoms with van der Waals surface area (Å²) in [4.78, 5) is 0. The molecule has 0 saturated carbocycles. The van der Waals surface area contributed by atoms with Crippen molar-refractivity contribution >= 4 is 11.6 Å². The third-order valence-electron chi connectivity index (χ3n) is 3.36. The normalized spacial score (nSPS) is 12.9. The van der Waals surface area contributed by atoms with Gasteiger partial charge >= 0.3 is 0 Å². The highest BCUT2D eigenvalue weighted by Crippen LogP contribution is 2.34. The van der Waals surface area contributed by atoms with Crippen LogP contribution in [0.3, 0.4) is 0 Å². The van der Waals surface area contributed by atoms with Crippen LogP contribution in [0, 0.1) is 5.82 Å². The second-order valence-corrected chi connectivity index (χ2v) is 5.28. The molecule has 110 valence electrons. The molecule has 1 aliphatic heterocycles. The number of rotatable bonds is 4. The van der Waals surface area contributed by atoms with Crippen LogP contribution in [0.2, 0.25) is 5.02 Å². The first kappa shape index (κ1) is 14.2. The minimum Gasteiger partial charge on any atom is -0.493 e. The average Bonchev–Trinajstić information content (AvgIpc) is 2.92. The fourth-order valence-corrected chi connectivity index (χ4v) is 2.50. The lowest BCUT2D eigenvalue weighted by molar-refractivity contribution is 0.356. The van der Waals surface area contributed by atoms with Crippen LogP contribution < -0.4 is 14.8 Å². The smallest absolute Gasteiger partial charge is 0.142 e. The highest BCUT2D eigenvalue weighted by atomic mass is 35.5. The fraction of sp³-hybridized carbons (Fsp3) is 0.250. The molecule has 1 N–H and O–H groups in total. The molecule has 3 rings (SSSR count). The Hall–Kier alpha value is -1.78. The Balaban J connectivity index is 1.91. The van der Waals surface area contributed by atoms with Gasteiger partial charge in [0.1, 0.15) is 23.1 Å². The molecule has 0 aromatic heterocycles. The first-order valence-electron chi connectivity index (χ1n) is 6.73. The molecule has 2 aromatic rings. The van der Waals surface area contributed by atoms with E-state index < -0.39 is 5.82 Å². The minimum absolute atomic E-state index is 0.0503. The second kappa shape index (κ2) is 5.92. The van der Waals surface area contributed by atoms with Crippen molar-refractivity contribution in [2.45, 2.75) is 13.0 Å². The molecule has 21 heavy (non-hydrogen) atoms. The van der Waals surface area contributed by atoms with E-state index >= 15 is 0 Å². The number of hydrogen-bond acceptors (Lipinski definition) is 3. The summed E-state index contributed by atoms with van der Waals surface area (Å²) in [6, 6.07) is 8.58. The molecule has 0 atom stereocenters. The van der Waals surface area contributed by atoms with Crippen LogP contribution in [-0.2, 0) is 13.0 Å². The number of fused-ring (bicyclic) bond motifs is 1. The van der Waals surface area contributed by atoms with Crippen molar-refractivity contribution in [3.8, 4) is 17.2 Å². The third kappa shape index (κ3) is 2.96. The van der Waals surface area contributed by atoms with Gasteiger partial charge in [0, 0.05) is 30.2 Å². The fourth-order valence-electron chi connectivity index (χ4n) is 2.35. The SMILES string of the molecule is CNCc1cc(F)c(Cl)cc1Oc1ccc2c(c1)CCO2. The van der Waals surface area contributed by atoms with Crippen molar-refractivity contribution in [3.63, 3.8) is 0 Å². The van der Waals surface area contributed by atoms with Crippen LogP contribution in [0.25, 0.3) is 0 Å². The molecule has 0 amide bonds. The van der Waals surface area contributed by atoms with E-state index in [-0.39, 0.29) is 5.02 Å². The molecule has 0 unspecified atom stereocenters. The molecule has 1 aliphatic rings. The number of benzene rings is 2. The first-order valence-corrected chi connectivity index (χ1v) is 7.11. The highest BCUT2D eigenvalue weighted by Gasteiger charge is 2.14. The molecule has 5 heteroatoms. The van der Waals surface area contributed by atoms with Gasteiger partial charge < -0.3 is 14.8 Å². The number of hydrogen-bond donors (Lipinski definition) is 1. The maximum Gasteiger partial charge on any atom is 0.142 e. The molecule has 0 aliphatic carbocycles. The number of ether oxygens (including phenoxy) is 2. The summed E-state index contributed by atoms with van der Waals surface area (Å²) in [5.41, 5.74) is 1.84. The van der Waals surface area contributed by atoms with Gasteiger partial charge in [-0.25, -0.2) is 4.39 Å². The Morgan fingerprint density at radius 2 is 2.19 bits per heavy atom. The lowest BCUT2D eigenvalue weighted by Gasteiger charge is -2.13. The maximum absolute atomic E-state index is 13.6. The van der Waals surface area contributed by atoms with Crippen molar-refractivity contribution in [3.05, 3.63) is 52.3 Å². The van der Waals surface area contributed by atoms with E-state index in [4.69, 9.17) is 21.1 Å². The lowest BCUT2D eigenvalue weighted by Crippen LogP contribution is -2.07. The summed E-state index contributed by atoms with van der Waals surface area (Å²) in [5, 5.41) is 3.04. The zero-order valence-corrected chi connectivity index (χ0v) is 12.3. The highest BCUT2D eigenvalue weighted by molar-refractivity contribution is 6.30. The van der Waals surface area contributed by atoms with Crippen molar-refractivity contribution in [1.82, 2.24) is 5.32 Å². The molecule has 0 bridgehead atoms. The molecule has 0 saturated heterocycles. The van der Waals surface area contributed by atoms with Crippen LogP contribution in [0.15, 0.2) is 30.3 Å². The second-order valence-electron chi connectivity index (χ2n) is 4.87. The Morgan fingerprint density at radius 1 is 1.33 bits per heavy atom. The van der Waals surface area contributed by atoms with Gasteiger partial charge in [-0.1, -0.05) is 11.6 Å². The zero-order chi connectivity index (χ0) is 14.8. The quantitative estimate of drug-likeness (QED) is 0.928. The van der Waals surface area contributed by atoms with Crippen LogP contribution in [0.5, 0.6) is 17.2 Å². The standard InChI is InChI=1S/C16H15ClFNO2/c1-19-9-11-7-14(18)13(17)8-16(11)21-12-2-3-15-10(6-12)4-5-20-15/h2-3,6-8,19H,4-5,9H2,1H3. The molecule has 0 spiro atoms. The monoisotopic (exact) mass is 307 g/mol. The average molecular weight is 308 g/mol. The number of nitrogens with one attached hydrogen (secondary N) is 1. The summed E-state index contributed by atoms with van der Waals surface area (Å²) in [7, 11) is 1.79. The van der Waals surface area contributed by atoms with Crippen molar-refractivity contribution in [1.29, 1.82) is 0 Å². The lowest BCUT2D eigenvalue weighted by atomic mass is 10.1. The van der Waals surface area contributed by atoms with E-state index in [0.29, 0.717) is 24.7 Å². The van der Waals surface area contributed by atoms with Crippen LogP contribution >= 0.6 is 11.6 Å². The van der Waals surface area contributed by atoms with Crippen molar-refractivity contribution in [2.75, 3.05) is 13.7 Å². The Kier molecular flexibility index (Phi) is 3.99. The Labute approximate surface area is 127 Å². The largest absolute Gasteiger partial charge is 0.493 e. The van der Waals surface area contributed by atoms with E-state index in [2.05, 4.69) is 5.32 Å². The predicted octanol–water partition coefficient (Wildman–Crippen LogP) is 3.93. The summed E-state index contributed by atoms with van der Waals surface area (Å²) >= 11 is 5.85. The van der Waals surface area contributed by atoms with Crippen LogP contribution in [0.4, 0.5) is 4.39 Å². The van der Waals surface area contributed by atoms with Gasteiger partial charge in [-0.05, 0) is 31.3 Å². The Bertz CT molecular complexity index is 676. The summed E-state index contributed by atoms with van der Waals surface area (Å²) < 4.78 is 24.9. The molecular formula is C16H15ClFNO2. The van der Waals surface area contributed by atoms with E-state index in [1.54, 1.807) is 7.05 Å². The van der Waals surface area contributed by atoms with Gasteiger partial charge in [-0.15, -0.1) is 0 Å². The molecule has 2 aromatic carbocycles. The van der Waals surface area contributed by atoms with Gasteiger partial charge in [0.25, 0.3) is 0 Å². The van der Waals surface area contributed by atoms with Gasteiger partial charge in [-0.3, -0.25) is 0 Å². The van der Waals surface area contributed by atoms with E-state index in [1.807, 2.05) is 18.2 Å². The number of halogens is 2. The molecular weight excluding hydrogens is 293 g/mol. The molecule has 0 fully saturated rings. The molecule has 1 heterocycles. The van der Waals surface area contributed by atoms with Crippen molar-refractivity contribution < 1.29 is 13.9 Å². The topological polar surface area (TPSA) is 30.5 Å². The van der Waals surface area contributed by atoms with E-state index in [0.717, 1.165) is 23.3 Å². The van der Waals surface area contributed by atoms with Crippen LogP contribution in [0.1, 0.15) is 11.1 Å². The Morgan fingerprint density at radius 3 is 3.00 bits per heavy atom. The first-order chi connectivity index (χ1) is 10.2. The predicted molar refractivity (Wildman–Crippen MR) is 79.9 cm³/mol. The summed E-state index contributed by atoms with van der Waals surface area (Å²) in [6.07, 6.45) is 0.875. The van der Waals surface area contributed by atoms with Gasteiger partial charge in [0.2, 0.25) is 0 Å². The van der Waals surface area contributed by atoms with E-state index in [1.165, 1.54) is 12.1 Å². The van der Waals surface area contributed by atoms with Crippen molar-refractivity contribution in [2.24, 2.45) is 0 Å². The maximum atomic E-state index is 13.6.